The van der Waals surface area contributed by atoms with Gasteiger partial charge in [0.15, 0.2) is 0 Å². The third kappa shape index (κ3) is 3.30. The minimum absolute atomic E-state index is 0.619. The molecule has 0 bridgehead atoms. The molecule has 96 valence electrons. The Balaban J connectivity index is 1.81. The number of ether oxygens (including phenoxy) is 1. The zero-order valence-electron chi connectivity index (χ0n) is 10.5. The Kier molecular flexibility index (Phi) is 4.30. The van der Waals surface area contributed by atoms with E-state index in [2.05, 4.69) is 10.1 Å². The summed E-state index contributed by atoms with van der Waals surface area (Å²) >= 11 is 0. The van der Waals surface area contributed by atoms with Gasteiger partial charge in [-0.1, -0.05) is 0 Å². The monoisotopic (exact) mass is 246 g/mol. The van der Waals surface area contributed by atoms with Gasteiger partial charge in [-0.05, 0) is 24.7 Å². The molecule has 0 aliphatic carbocycles. The number of aryl methyl sites for hydroxylation is 1. The highest BCUT2D eigenvalue weighted by Gasteiger charge is 2.00. The highest BCUT2D eigenvalue weighted by atomic mass is 16.5. The fourth-order valence-electron chi connectivity index (χ4n) is 1.71. The molecule has 0 aliphatic rings. The normalized spacial score (nSPS) is 10.6. The molecule has 0 unspecified atom stereocenters. The Bertz CT molecular complexity index is 478. The largest absolute Gasteiger partial charge is 0.492 e. The summed E-state index contributed by atoms with van der Waals surface area (Å²) in [7, 11) is 1.93. The quantitative estimate of drug-likeness (QED) is 0.823. The van der Waals surface area contributed by atoms with Crippen LogP contribution in [0.5, 0.6) is 5.75 Å². The van der Waals surface area contributed by atoms with Crippen LogP contribution in [0.25, 0.3) is 0 Å². The van der Waals surface area contributed by atoms with Crippen LogP contribution in [-0.4, -0.2) is 27.9 Å². The van der Waals surface area contributed by atoms with Gasteiger partial charge in [0.05, 0.1) is 12.8 Å². The molecule has 5 heteroatoms. The number of aromatic nitrogens is 3. The minimum Gasteiger partial charge on any atom is -0.492 e. The molecule has 0 spiro atoms. The van der Waals surface area contributed by atoms with E-state index >= 15 is 0 Å². The molecule has 0 aromatic carbocycles. The molecule has 0 atom stereocenters. The second-order valence-corrected chi connectivity index (χ2v) is 4.07. The lowest BCUT2D eigenvalue weighted by atomic mass is 10.3. The number of hydrogen-bond donors (Lipinski definition) is 1. The van der Waals surface area contributed by atoms with Crippen LogP contribution >= 0.6 is 0 Å². The standard InChI is InChI=1S/C13H18N4O/c1-17-12(5-8-16-17)6-9-18-13-3-2-11(4-7-14)15-10-13/h2-3,5,8,10H,4,6-7,9,14H2,1H3. The molecule has 0 saturated carbocycles. The van der Waals surface area contributed by atoms with Gasteiger partial charge >= 0.3 is 0 Å². The maximum absolute atomic E-state index is 5.63. The van der Waals surface area contributed by atoms with Gasteiger partial charge in [0.1, 0.15) is 5.75 Å². The first-order valence-corrected chi connectivity index (χ1v) is 6.04. The Morgan fingerprint density at radius 2 is 2.17 bits per heavy atom. The van der Waals surface area contributed by atoms with Gasteiger partial charge in [0.25, 0.3) is 0 Å². The summed E-state index contributed by atoms with van der Waals surface area (Å²) in [5, 5.41) is 4.11. The van der Waals surface area contributed by atoms with E-state index in [4.69, 9.17) is 10.5 Å². The van der Waals surface area contributed by atoms with Crippen LogP contribution in [0.3, 0.4) is 0 Å². The van der Waals surface area contributed by atoms with E-state index in [-0.39, 0.29) is 0 Å². The summed E-state index contributed by atoms with van der Waals surface area (Å²) in [5.41, 5.74) is 7.62. The van der Waals surface area contributed by atoms with Gasteiger partial charge in [0, 0.05) is 37.5 Å². The van der Waals surface area contributed by atoms with Crippen molar-refractivity contribution in [3.05, 3.63) is 42.0 Å². The Hall–Kier alpha value is -1.88. The van der Waals surface area contributed by atoms with Crippen LogP contribution in [0, 0.1) is 0 Å². The average Bonchev–Trinajstić information content (AvgIpc) is 2.78. The minimum atomic E-state index is 0.619. The lowest BCUT2D eigenvalue weighted by molar-refractivity contribution is 0.317. The summed E-state index contributed by atoms with van der Waals surface area (Å²) in [4.78, 5) is 4.28. The molecule has 2 aromatic heterocycles. The van der Waals surface area contributed by atoms with Crippen molar-refractivity contribution in [3.8, 4) is 5.75 Å². The second kappa shape index (κ2) is 6.16. The van der Waals surface area contributed by atoms with Gasteiger partial charge in [-0.15, -0.1) is 0 Å². The number of rotatable bonds is 6. The topological polar surface area (TPSA) is 66.0 Å². The summed E-state index contributed by atoms with van der Waals surface area (Å²) < 4.78 is 7.49. The van der Waals surface area contributed by atoms with Crippen molar-refractivity contribution >= 4 is 0 Å². The van der Waals surface area contributed by atoms with Crippen molar-refractivity contribution in [1.29, 1.82) is 0 Å². The van der Waals surface area contributed by atoms with E-state index in [1.165, 1.54) is 0 Å². The molecule has 2 aromatic rings. The Labute approximate surface area is 107 Å². The first kappa shape index (κ1) is 12.6. The molecule has 2 heterocycles. The molecule has 18 heavy (non-hydrogen) atoms. The Morgan fingerprint density at radius 3 is 2.78 bits per heavy atom. The summed E-state index contributed by atoms with van der Waals surface area (Å²) in [6.45, 7) is 1.24. The predicted octanol–water partition coefficient (Wildman–Crippen LogP) is 0.938. The van der Waals surface area contributed by atoms with Gasteiger partial charge in [0.2, 0.25) is 0 Å². The molecule has 0 amide bonds. The van der Waals surface area contributed by atoms with Crippen LogP contribution in [0.1, 0.15) is 11.4 Å². The molecule has 0 aliphatic heterocycles. The number of nitrogens with two attached hydrogens (primary N) is 1. The lowest BCUT2D eigenvalue weighted by Crippen LogP contribution is -2.07. The summed E-state index contributed by atoms with van der Waals surface area (Å²) in [5.74, 6) is 0.790. The lowest BCUT2D eigenvalue weighted by Gasteiger charge is -2.06. The van der Waals surface area contributed by atoms with Gasteiger partial charge in [-0.2, -0.15) is 5.10 Å². The summed E-state index contributed by atoms with van der Waals surface area (Å²) in [6.07, 6.45) is 5.17. The maximum atomic E-state index is 5.63. The van der Waals surface area contributed by atoms with Crippen molar-refractivity contribution in [2.24, 2.45) is 12.8 Å². The zero-order valence-corrected chi connectivity index (χ0v) is 10.5. The first-order chi connectivity index (χ1) is 8.79. The van der Waals surface area contributed by atoms with E-state index in [1.807, 2.05) is 29.9 Å². The van der Waals surface area contributed by atoms with Crippen molar-refractivity contribution in [2.75, 3.05) is 13.2 Å². The van der Waals surface area contributed by atoms with Crippen LogP contribution in [0.2, 0.25) is 0 Å². The van der Waals surface area contributed by atoms with Crippen molar-refractivity contribution < 1.29 is 4.74 Å². The van der Waals surface area contributed by atoms with E-state index in [0.717, 1.165) is 30.0 Å². The Morgan fingerprint density at radius 1 is 1.28 bits per heavy atom. The molecular weight excluding hydrogens is 228 g/mol. The SMILES string of the molecule is Cn1nccc1CCOc1ccc(CCN)nc1. The van der Waals surface area contributed by atoms with E-state index in [9.17, 15) is 0 Å². The van der Waals surface area contributed by atoms with Crippen LogP contribution in [0.15, 0.2) is 30.6 Å². The predicted molar refractivity (Wildman–Crippen MR) is 69.4 cm³/mol. The molecule has 0 radical (unpaired) electrons. The van der Waals surface area contributed by atoms with Crippen molar-refractivity contribution in [2.45, 2.75) is 12.8 Å². The van der Waals surface area contributed by atoms with E-state index < -0.39 is 0 Å². The van der Waals surface area contributed by atoms with Gasteiger partial charge in [-0.25, -0.2) is 0 Å². The first-order valence-electron chi connectivity index (χ1n) is 6.04. The summed E-state index contributed by atoms with van der Waals surface area (Å²) in [6, 6.07) is 5.87. The van der Waals surface area contributed by atoms with Crippen molar-refractivity contribution in [1.82, 2.24) is 14.8 Å². The molecule has 5 nitrogen and oxygen atoms in total. The van der Waals surface area contributed by atoms with E-state index in [1.54, 1.807) is 12.4 Å². The molecule has 0 saturated heterocycles. The highest BCUT2D eigenvalue weighted by molar-refractivity contribution is 5.20. The molecular formula is C13H18N4O. The zero-order chi connectivity index (χ0) is 12.8. The van der Waals surface area contributed by atoms with Crippen LogP contribution in [-0.2, 0) is 19.9 Å². The maximum Gasteiger partial charge on any atom is 0.137 e. The van der Waals surface area contributed by atoms with Gasteiger partial charge < -0.3 is 10.5 Å². The van der Waals surface area contributed by atoms with Crippen LogP contribution in [0.4, 0.5) is 0 Å². The number of hydrogen-bond acceptors (Lipinski definition) is 4. The molecule has 0 fully saturated rings. The number of nitrogens with zero attached hydrogens (tertiary/aromatic N) is 3. The van der Waals surface area contributed by atoms with Gasteiger partial charge in [-0.3, -0.25) is 9.67 Å². The molecule has 2 N–H and O–H groups in total. The fraction of sp³-hybridized carbons (Fsp3) is 0.385. The average molecular weight is 246 g/mol. The third-order valence-electron chi connectivity index (χ3n) is 2.75. The molecule has 2 rings (SSSR count). The number of pyridine rings is 1. The van der Waals surface area contributed by atoms with Crippen molar-refractivity contribution in [3.63, 3.8) is 0 Å². The smallest absolute Gasteiger partial charge is 0.137 e. The second-order valence-electron chi connectivity index (χ2n) is 4.07. The third-order valence-corrected chi connectivity index (χ3v) is 2.75. The highest BCUT2D eigenvalue weighted by Crippen LogP contribution is 2.10. The van der Waals surface area contributed by atoms with E-state index in [0.29, 0.717) is 13.2 Å². The van der Waals surface area contributed by atoms with Crippen LogP contribution < -0.4 is 10.5 Å². The fourth-order valence-corrected chi connectivity index (χ4v) is 1.71.